The van der Waals surface area contributed by atoms with Gasteiger partial charge in [0.25, 0.3) is 5.78 Å². The van der Waals surface area contributed by atoms with Crippen molar-refractivity contribution in [3.05, 3.63) is 75.3 Å². The lowest BCUT2D eigenvalue weighted by molar-refractivity contribution is -0.132. The van der Waals surface area contributed by atoms with Crippen LogP contribution in [0.25, 0.3) is 5.76 Å². The van der Waals surface area contributed by atoms with Crippen molar-refractivity contribution in [1.29, 1.82) is 0 Å². The molecule has 2 unspecified atom stereocenters. The highest BCUT2D eigenvalue weighted by Crippen LogP contribution is 2.44. The maximum atomic E-state index is 13.5. The van der Waals surface area contributed by atoms with Gasteiger partial charge >= 0.3 is 11.9 Å². The second kappa shape index (κ2) is 10.5. The van der Waals surface area contributed by atoms with Gasteiger partial charge in [-0.25, -0.2) is 9.78 Å². The molecule has 1 aromatic heterocycles. The number of thiazole rings is 1. The lowest BCUT2D eigenvalue weighted by Crippen LogP contribution is -2.29. The van der Waals surface area contributed by atoms with E-state index in [1.165, 1.54) is 12.0 Å². The average Bonchev–Trinajstić information content (AvgIpc) is 3.58. The zero-order chi connectivity index (χ0) is 27.8. The minimum atomic E-state index is -0.982. The third-order valence-corrected chi connectivity index (χ3v) is 7.78. The summed E-state index contributed by atoms with van der Waals surface area (Å²) in [4.78, 5) is 45.1. The summed E-state index contributed by atoms with van der Waals surface area (Å²) in [5, 5.41) is 11.6. The van der Waals surface area contributed by atoms with Crippen LogP contribution in [0.15, 0.2) is 48.0 Å². The number of aryl methyl sites for hydroxylation is 1. The molecule has 1 amide bonds. The lowest BCUT2D eigenvalue weighted by atomic mass is 9.94. The number of fused-ring (bicyclic) bond motifs is 1. The summed E-state index contributed by atoms with van der Waals surface area (Å²) in [5.74, 6) is -1.21. The Morgan fingerprint density at radius 2 is 1.95 bits per heavy atom. The Bertz CT molecular complexity index is 1490. The molecule has 1 saturated heterocycles. The fraction of sp³-hybridized carbons (Fsp3) is 0.310. The van der Waals surface area contributed by atoms with Crippen LogP contribution in [-0.4, -0.2) is 47.6 Å². The fourth-order valence-corrected chi connectivity index (χ4v) is 5.82. The van der Waals surface area contributed by atoms with Gasteiger partial charge in [-0.3, -0.25) is 14.5 Å². The minimum absolute atomic E-state index is 0.00793. The maximum Gasteiger partial charge on any atom is 0.350 e. The van der Waals surface area contributed by atoms with Crippen molar-refractivity contribution in [2.75, 3.05) is 18.6 Å². The van der Waals surface area contributed by atoms with Gasteiger partial charge in [-0.2, -0.15) is 0 Å². The Morgan fingerprint density at radius 1 is 1.21 bits per heavy atom. The number of anilines is 1. The Balaban J connectivity index is 1.65. The van der Waals surface area contributed by atoms with Gasteiger partial charge in [0.05, 0.1) is 31.0 Å². The number of aliphatic hydroxyl groups is 1. The van der Waals surface area contributed by atoms with E-state index in [1.807, 2.05) is 13.8 Å². The molecule has 3 aromatic rings. The topological polar surface area (TPSA) is 115 Å². The van der Waals surface area contributed by atoms with Gasteiger partial charge in [0.1, 0.15) is 28.2 Å². The molecule has 10 heteroatoms. The third-order valence-electron chi connectivity index (χ3n) is 6.64. The van der Waals surface area contributed by atoms with Crippen LogP contribution in [0, 0.1) is 6.92 Å². The molecule has 3 heterocycles. The summed E-state index contributed by atoms with van der Waals surface area (Å²) in [6.45, 7) is 6.14. The van der Waals surface area contributed by atoms with Crippen molar-refractivity contribution in [1.82, 2.24) is 4.98 Å². The van der Waals surface area contributed by atoms with E-state index in [1.54, 1.807) is 49.4 Å². The SMILES string of the molecule is CCCOc1ccc(C2/C(=C(\O)c3ccc4c(c3)CC(C)O4)C(=O)C(=O)N2c2nc(C)c(C(=O)OC)s2)cc1. The predicted molar refractivity (Wildman–Crippen MR) is 145 cm³/mol. The van der Waals surface area contributed by atoms with Crippen LogP contribution < -0.4 is 14.4 Å². The van der Waals surface area contributed by atoms with E-state index in [9.17, 15) is 19.5 Å². The number of aliphatic hydroxyl groups excluding tert-OH is 1. The molecule has 2 aliphatic rings. The summed E-state index contributed by atoms with van der Waals surface area (Å²) in [7, 11) is 1.26. The fourth-order valence-electron chi connectivity index (χ4n) is 4.80. The number of hydrogen-bond acceptors (Lipinski definition) is 9. The lowest BCUT2D eigenvalue weighted by Gasteiger charge is -2.23. The van der Waals surface area contributed by atoms with E-state index in [0.29, 0.717) is 35.6 Å². The van der Waals surface area contributed by atoms with E-state index in [4.69, 9.17) is 14.2 Å². The Hall–Kier alpha value is -4.18. The normalized spacial score (nSPS) is 19.6. The van der Waals surface area contributed by atoms with Crippen molar-refractivity contribution in [3.63, 3.8) is 0 Å². The Morgan fingerprint density at radius 3 is 2.64 bits per heavy atom. The molecular weight excluding hydrogens is 520 g/mol. The number of hydrogen-bond donors (Lipinski definition) is 1. The van der Waals surface area contributed by atoms with Crippen LogP contribution in [0.4, 0.5) is 5.13 Å². The molecule has 5 rings (SSSR count). The first kappa shape index (κ1) is 26.4. The highest BCUT2D eigenvalue weighted by atomic mass is 32.1. The van der Waals surface area contributed by atoms with Gasteiger partial charge in [-0.05, 0) is 61.7 Å². The van der Waals surface area contributed by atoms with Gasteiger partial charge in [0.2, 0.25) is 0 Å². The molecule has 0 aliphatic carbocycles. The van der Waals surface area contributed by atoms with Gasteiger partial charge < -0.3 is 19.3 Å². The zero-order valence-electron chi connectivity index (χ0n) is 22.0. The molecule has 0 spiro atoms. The predicted octanol–water partition coefficient (Wildman–Crippen LogP) is 4.98. The number of ether oxygens (including phenoxy) is 3. The average molecular weight is 549 g/mol. The number of rotatable bonds is 7. The number of nitrogens with zero attached hydrogens (tertiary/aromatic N) is 2. The molecule has 2 aromatic carbocycles. The first-order valence-corrected chi connectivity index (χ1v) is 13.4. The Kier molecular flexibility index (Phi) is 7.14. The summed E-state index contributed by atoms with van der Waals surface area (Å²) in [6, 6.07) is 11.2. The second-order valence-electron chi connectivity index (χ2n) is 9.44. The highest BCUT2D eigenvalue weighted by Gasteiger charge is 2.48. The number of carbonyl (C=O) groups is 3. The maximum absolute atomic E-state index is 13.5. The molecule has 0 radical (unpaired) electrons. The molecule has 1 N–H and O–H groups in total. The Labute approximate surface area is 229 Å². The van der Waals surface area contributed by atoms with Crippen molar-refractivity contribution in [2.24, 2.45) is 0 Å². The minimum Gasteiger partial charge on any atom is -0.507 e. The van der Waals surface area contributed by atoms with Crippen LogP contribution >= 0.6 is 11.3 Å². The van der Waals surface area contributed by atoms with Gasteiger partial charge in [-0.1, -0.05) is 30.4 Å². The van der Waals surface area contributed by atoms with E-state index in [-0.39, 0.29) is 27.4 Å². The molecule has 1 fully saturated rings. The summed E-state index contributed by atoms with van der Waals surface area (Å²) >= 11 is 0.956. The summed E-state index contributed by atoms with van der Waals surface area (Å²) < 4.78 is 16.3. The molecule has 0 saturated carbocycles. The summed E-state index contributed by atoms with van der Waals surface area (Å²) in [6.07, 6.45) is 1.52. The molecule has 0 bridgehead atoms. The monoisotopic (exact) mass is 548 g/mol. The van der Waals surface area contributed by atoms with E-state index >= 15 is 0 Å². The van der Waals surface area contributed by atoms with Crippen LogP contribution in [0.3, 0.4) is 0 Å². The molecule has 2 aliphatic heterocycles. The standard InChI is InChI=1S/C29H28N2O7S/c1-5-12-37-20-9-6-17(7-10-20)23-22(24(32)18-8-11-21-19(14-18)13-15(2)38-21)25(33)27(34)31(23)29-30-16(3)26(39-29)28(35)36-4/h6-11,14-15,23,32H,5,12-13H2,1-4H3/b24-22+. The van der Waals surface area contributed by atoms with Crippen molar-refractivity contribution in [3.8, 4) is 11.5 Å². The van der Waals surface area contributed by atoms with E-state index < -0.39 is 23.7 Å². The van der Waals surface area contributed by atoms with Gasteiger partial charge in [0, 0.05) is 12.0 Å². The van der Waals surface area contributed by atoms with E-state index in [0.717, 1.165) is 29.1 Å². The molecule has 202 valence electrons. The number of ketones is 1. The smallest absolute Gasteiger partial charge is 0.350 e. The third kappa shape index (κ3) is 4.76. The highest BCUT2D eigenvalue weighted by molar-refractivity contribution is 7.17. The van der Waals surface area contributed by atoms with Crippen LogP contribution in [0.1, 0.15) is 58.4 Å². The number of methoxy groups -OCH3 is 1. The first-order chi connectivity index (χ1) is 18.7. The summed E-state index contributed by atoms with van der Waals surface area (Å²) in [5.41, 5.74) is 2.20. The molecule has 2 atom stereocenters. The number of esters is 1. The van der Waals surface area contributed by atoms with Crippen LogP contribution in [0.2, 0.25) is 0 Å². The van der Waals surface area contributed by atoms with Crippen molar-refractivity contribution < 1.29 is 33.7 Å². The number of amides is 1. The molecular formula is C29H28N2O7S. The number of Topliss-reactive ketones (excluding diaryl/α,β-unsaturated/α-hetero) is 1. The van der Waals surface area contributed by atoms with Crippen LogP contribution in [-0.2, 0) is 20.7 Å². The van der Waals surface area contributed by atoms with Crippen molar-refractivity contribution in [2.45, 2.75) is 45.8 Å². The second-order valence-corrected chi connectivity index (χ2v) is 10.4. The number of aromatic nitrogens is 1. The van der Waals surface area contributed by atoms with Crippen molar-refractivity contribution >= 4 is 39.9 Å². The van der Waals surface area contributed by atoms with Gasteiger partial charge in [-0.15, -0.1) is 0 Å². The largest absolute Gasteiger partial charge is 0.507 e. The number of benzene rings is 2. The quantitative estimate of drug-likeness (QED) is 0.190. The van der Waals surface area contributed by atoms with Crippen LogP contribution in [0.5, 0.6) is 11.5 Å². The number of carbonyl (C=O) groups excluding carboxylic acids is 3. The van der Waals surface area contributed by atoms with Gasteiger partial charge in [0.15, 0.2) is 5.13 Å². The van der Waals surface area contributed by atoms with E-state index in [2.05, 4.69) is 4.98 Å². The molecule has 39 heavy (non-hydrogen) atoms. The first-order valence-electron chi connectivity index (χ1n) is 12.6. The zero-order valence-corrected chi connectivity index (χ0v) is 22.8. The molecule has 9 nitrogen and oxygen atoms in total.